The number of amides is 2. The number of aliphatic hydroxyl groups excluding tert-OH is 4. The Bertz CT molecular complexity index is 2680. The average Bonchev–Trinajstić information content (AvgIpc) is 0.770. The Hall–Kier alpha value is -4.49. The van der Waals surface area contributed by atoms with Gasteiger partial charge in [0.25, 0.3) is 5.79 Å². The van der Waals surface area contributed by atoms with Crippen molar-refractivity contribution in [3.8, 4) is 0 Å². The molecule has 0 radical (unpaired) electrons. The summed E-state index contributed by atoms with van der Waals surface area (Å²) in [5.74, 6) is -11.8. The normalized spacial score (nSPS) is 20.6. The van der Waals surface area contributed by atoms with E-state index in [9.17, 15) is 73.8 Å². The van der Waals surface area contributed by atoms with E-state index in [1.54, 1.807) is 0 Å². The molecule has 0 bridgehead atoms. The van der Waals surface area contributed by atoms with Crippen LogP contribution in [-0.2, 0) is 85.3 Å². The van der Waals surface area contributed by atoms with E-state index >= 15 is 9.59 Å². The largest absolute Gasteiger partial charge is 0.548 e. The maximum Gasteiger partial charge on any atom is 0.470 e. The molecule has 698 valence electrons. The fraction of sp³-hybridized carbons (Fsp3) is 0.910. The van der Waals surface area contributed by atoms with Crippen LogP contribution in [0.25, 0.3) is 0 Å². The van der Waals surface area contributed by atoms with Crippen LogP contribution in [0.15, 0.2) is 0 Å². The van der Waals surface area contributed by atoms with Crippen LogP contribution in [0.1, 0.15) is 414 Å². The summed E-state index contributed by atoms with van der Waals surface area (Å²) in [6.07, 6.45) is 22.7. The summed E-state index contributed by atoms with van der Waals surface area (Å²) in [5, 5.41) is 72.2. The molecule has 2 rings (SSSR count). The predicted octanol–water partition coefficient (Wildman–Crippen LogP) is 16.0. The van der Waals surface area contributed by atoms with Gasteiger partial charge >= 0.3 is 37.7 Å². The van der Waals surface area contributed by atoms with Gasteiger partial charge in [0.2, 0.25) is 11.8 Å². The van der Waals surface area contributed by atoms with Gasteiger partial charge in [-0.3, -0.25) is 33.3 Å². The summed E-state index contributed by atoms with van der Waals surface area (Å²) in [6, 6.07) is -4.17. The van der Waals surface area contributed by atoms with Gasteiger partial charge in [0, 0.05) is 25.7 Å². The topological polar surface area (TPSA) is 462 Å². The molecule has 0 spiro atoms. The van der Waals surface area contributed by atoms with Crippen LogP contribution in [0.3, 0.4) is 0 Å². The van der Waals surface area contributed by atoms with Crippen molar-refractivity contribution in [3.63, 3.8) is 0 Å². The molecule has 0 unspecified atom stereocenters. The van der Waals surface area contributed by atoms with Crippen molar-refractivity contribution in [2.24, 2.45) is 0 Å². The Labute approximate surface area is 713 Å². The van der Waals surface area contributed by atoms with E-state index in [0.717, 1.165) is 263 Å². The molecule has 2 amide bonds. The molecule has 0 aromatic carbocycles. The van der Waals surface area contributed by atoms with Gasteiger partial charge in [-0.25, -0.2) is 9.36 Å². The van der Waals surface area contributed by atoms with Crippen LogP contribution >= 0.6 is 7.82 Å². The molecule has 2 fully saturated rings. The number of aliphatic hydroxyl groups is 4. The van der Waals surface area contributed by atoms with E-state index in [1.807, 2.05) is 0 Å². The number of rotatable bonds is 78. The summed E-state index contributed by atoms with van der Waals surface area (Å²) in [6.45, 7) is 9.30. The second-order valence-electron chi connectivity index (χ2n) is 33.3. The van der Waals surface area contributed by atoms with Crippen LogP contribution in [0.4, 0.5) is 0 Å². The van der Waals surface area contributed by atoms with Gasteiger partial charge < -0.3 is 99.9 Å². The highest BCUT2D eigenvalue weighted by atomic mass is 31.2. The number of carboxylic acid groups (broad SMARTS) is 2. The first-order valence-corrected chi connectivity index (χ1v) is 48.1. The number of carbonyl (C=O) groups excluding carboxylic acids is 7. The first-order valence-electron chi connectivity index (χ1n) is 46.6. The summed E-state index contributed by atoms with van der Waals surface area (Å²) < 4.78 is 67.8. The Kier molecular flexibility index (Phi) is 66.9. The zero-order valence-electron chi connectivity index (χ0n) is 74.5. The molecule has 2 heterocycles. The lowest BCUT2D eigenvalue weighted by molar-refractivity contribution is -0.339. The quantitative estimate of drug-likeness (QED) is 0.0117. The molecule has 30 heteroatoms. The van der Waals surface area contributed by atoms with Crippen molar-refractivity contribution in [2.45, 2.75) is 499 Å². The summed E-state index contributed by atoms with van der Waals surface area (Å²) in [4.78, 5) is 135. The van der Waals surface area contributed by atoms with E-state index in [0.29, 0.717) is 44.9 Å². The second-order valence-corrected chi connectivity index (χ2v) is 34.5. The SMILES string of the molecule is CCCCCCCCCCC[C@H](CC(=O)N[C@H]1[C@H](OC[C@H](NC(=O)C[C@@H](CCCCCCCCCCC)OC(=O)CCCCCCCCC)C(=O)[O-])O[C@H](CO[C@]2(C(=O)O)C[C@@H](O)[C@@H](O)[C@@H]([C@H](O)CO)O2)[C@@H](OP(=O)(O)O)[C@@H]1OC(=O)C[C@@H](CCCCCCCCCCC)OC(=O)CCCCCCCCC)OC(=O)CCCCCCCCC.[NH4+]. The van der Waals surface area contributed by atoms with Crippen LogP contribution < -0.4 is 21.9 Å². The van der Waals surface area contributed by atoms with Crippen molar-refractivity contribution in [3.05, 3.63) is 0 Å². The lowest BCUT2D eigenvalue weighted by Crippen LogP contribution is -2.68. The molecular formula is C89H166N3O26P. The molecule has 0 aromatic rings. The zero-order chi connectivity index (χ0) is 87.0. The number of nitrogens with one attached hydrogen (secondary N) is 2. The Morgan fingerprint density at radius 1 is 0.487 bits per heavy atom. The van der Waals surface area contributed by atoms with Crippen LogP contribution in [-0.4, -0.2) is 188 Å². The van der Waals surface area contributed by atoms with Gasteiger partial charge in [0.15, 0.2) is 12.4 Å². The third-order valence-electron chi connectivity index (χ3n) is 22.4. The Morgan fingerprint density at radius 2 is 0.832 bits per heavy atom. The molecule has 0 aromatic heterocycles. The number of phosphoric acid groups is 1. The second kappa shape index (κ2) is 70.7. The molecule has 29 nitrogen and oxygen atoms in total. The van der Waals surface area contributed by atoms with Crippen LogP contribution in [0, 0.1) is 0 Å². The predicted molar refractivity (Wildman–Crippen MR) is 454 cm³/mol. The number of carbonyl (C=O) groups is 8. The smallest absolute Gasteiger partial charge is 0.470 e. The lowest BCUT2D eigenvalue weighted by Gasteiger charge is -2.47. The number of hydrogen-bond acceptors (Lipinski definition) is 23. The summed E-state index contributed by atoms with van der Waals surface area (Å²) >= 11 is 0. The van der Waals surface area contributed by atoms with Crippen molar-refractivity contribution in [1.29, 1.82) is 0 Å². The number of phosphoric ester groups is 1. The van der Waals surface area contributed by atoms with Crippen LogP contribution in [0.2, 0.25) is 0 Å². The minimum atomic E-state index is -5.92. The van der Waals surface area contributed by atoms with E-state index in [-0.39, 0.29) is 44.7 Å². The first-order chi connectivity index (χ1) is 56.8. The number of esters is 4. The third-order valence-corrected chi connectivity index (χ3v) is 22.9. The molecule has 0 saturated carbocycles. The molecule has 2 saturated heterocycles. The van der Waals surface area contributed by atoms with Gasteiger partial charge in [0.05, 0.1) is 57.2 Å². The molecule has 14 atom stereocenters. The molecule has 2 aliphatic rings. The van der Waals surface area contributed by atoms with Gasteiger partial charge in [-0.2, -0.15) is 0 Å². The van der Waals surface area contributed by atoms with E-state index in [1.165, 1.54) is 0 Å². The zero-order valence-corrected chi connectivity index (χ0v) is 75.4. The Balaban J connectivity index is 0.0000708. The number of quaternary nitrogens is 1. The lowest BCUT2D eigenvalue weighted by atomic mass is 9.92. The highest BCUT2D eigenvalue weighted by Gasteiger charge is 2.58. The maximum absolute atomic E-state index is 15.2. The molecule has 2 aliphatic heterocycles. The molecule has 0 aliphatic carbocycles. The minimum absolute atomic E-state index is 0. The highest BCUT2D eigenvalue weighted by Crippen LogP contribution is 2.44. The van der Waals surface area contributed by atoms with Crippen molar-refractivity contribution >= 4 is 55.5 Å². The molecule has 13 N–H and O–H groups in total. The number of hydrogen-bond donors (Lipinski definition) is 10. The van der Waals surface area contributed by atoms with Gasteiger partial charge in [-0.05, 0) is 57.8 Å². The van der Waals surface area contributed by atoms with Gasteiger partial charge in [0.1, 0.15) is 54.9 Å². The Morgan fingerprint density at radius 3 is 1.18 bits per heavy atom. The summed E-state index contributed by atoms with van der Waals surface area (Å²) in [7, 11) is -5.92. The number of carboxylic acids is 2. The number of unbranched alkanes of at least 4 members (excludes halogenated alkanes) is 42. The third kappa shape index (κ3) is 54.1. The monoisotopic (exact) mass is 1720 g/mol. The summed E-state index contributed by atoms with van der Waals surface area (Å²) in [5.41, 5.74) is 0. The van der Waals surface area contributed by atoms with Crippen molar-refractivity contribution in [1.82, 2.24) is 16.8 Å². The van der Waals surface area contributed by atoms with Crippen molar-refractivity contribution < 1.29 is 126 Å². The number of aliphatic carboxylic acids is 2. The standard InChI is InChI=1S/C89H163N2O26P.H3N/c1-7-13-19-25-31-34-40-43-49-55-68(111-77(97)58-52-46-37-28-22-16-10-4)61-75(95)90-71(86(102)103)66-109-87-81(91-76(96)62-69(56-50-44-41-35-32-26-20-14-8-2)112-78(98)59-53-47-38-29-23-17-11-5)85(84(117-118(106,107)108)74(114-87)67-110-89(88(104)105)64-72(93)82(101)83(116-89)73(94)65-92)115-80(100)63-70(57-51-45-42-36-33-27-21-15-9-3)113-79(99)60-54-48-39-30-24-18-12-6;/h68-74,81-85,87,92-94,101H,7-67H2,1-6H3,(H,90,95)(H,91,96)(H,102,103)(H,104,105)(H2,106,107,108);1H3/t68-,69-,70-,71+,72-,73-,74-,81-,82-,83-,84-,85-,87-,89-;/m1./s1. The van der Waals surface area contributed by atoms with Gasteiger partial charge in [-0.1, -0.05) is 311 Å². The molecular weight excluding hydrogens is 1560 g/mol. The van der Waals surface area contributed by atoms with E-state index in [4.69, 9.17) is 42.4 Å². The molecule has 119 heavy (non-hydrogen) atoms. The number of ether oxygens (including phenoxy) is 8. The van der Waals surface area contributed by atoms with E-state index in [2.05, 4.69) is 52.2 Å². The first kappa shape index (κ1) is 113. The minimum Gasteiger partial charge on any atom is -0.548 e. The highest BCUT2D eigenvalue weighted by molar-refractivity contribution is 7.46. The maximum atomic E-state index is 15.2. The fourth-order valence-electron chi connectivity index (χ4n) is 15.4. The van der Waals surface area contributed by atoms with E-state index < -0.39 is 186 Å². The van der Waals surface area contributed by atoms with Crippen LogP contribution in [0.5, 0.6) is 0 Å². The van der Waals surface area contributed by atoms with Gasteiger partial charge in [-0.15, -0.1) is 0 Å². The van der Waals surface area contributed by atoms with Crippen molar-refractivity contribution in [2.75, 3.05) is 19.8 Å². The fourth-order valence-corrected chi connectivity index (χ4v) is 15.9. The average molecular weight is 1730 g/mol.